The fourth-order valence-corrected chi connectivity index (χ4v) is 4.31. The molecule has 0 saturated carbocycles. The van der Waals surface area contributed by atoms with Crippen molar-refractivity contribution in [1.82, 2.24) is 0 Å². The zero-order valence-corrected chi connectivity index (χ0v) is 19.3. The predicted octanol–water partition coefficient (Wildman–Crippen LogP) is 4.41. The molecule has 0 aliphatic heterocycles. The number of hydrogen-bond acceptors (Lipinski definition) is 5. The second-order valence-electron chi connectivity index (χ2n) is 7.08. The van der Waals surface area contributed by atoms with Crippen LogP contribution in [0.15, 0.2) is 71.6 Å². The maximum atomic E-state index is 13.2. The van der Waals surface area contributed by atoms with Crippen LogP contribution in [0.3, 0.4) is 0 Å². The van der Waals surface area contributed by atoms with Crippen molar-refractivity contribution < 1.29 is 27.1 Å². The first-order chi connectivity index (χ1) is 15.6. The summed E-state index contributed by atoms with van der Waals surface area (Å²) >= 11 is 6.07. The number of amides is 1. The first-order valence-electron chi connectivity index (χ1n) is 9.65. The van der Waals surface area contributed by atoms with Gasteiger partial charge < -0.3 is 10.1 Å². The third-order valence-electron chi connectivity index (χ3n) is 4.64. The van der Waals surface area contributed by atoms with E-state index in [1.54, 1.807) is 18.2 Å². The molecule has 0 fully saturated rings. The monoisotopic (exact) mass is 490 g/mol. The Balaban J connectivity index is 1.74. The molecule has 0 aliphatic carbocycles. The quantitative estimate of drug-likeness (QED) is 0.495. The lowest BCUT2D eigenvalue weighted by atomic mass is 10.2. The molecule has 0 bridgehead atoms. The Labute approximate surface area is 195 Å². The van der Waals surface area contributed by atoms with E-state index in [0.29, 0.717) is 5.69 Å². The number of sulfonamides is 1. The molecule has 0 heterocycles. The summed E-state index contributed by atoms with van der Waals surface area (Å²) in [5.41, 5.74) is 1.50. The van der Waals surface area contributed by atoms with Gasteiger partial charge in [0.25, 0.3) is 15.9 Å². The Morgan fingerprint density at radius 1 is 1.06 bits per heavy atom. The van der Waals surface area contributed by atoms with Gasteiger partial charge >= 0.3 is 5.97 Å². The molecule has 0 unspecified atom stereocenters. The third-order valence-corrected chi connectivity index (χ3v) is 6.75. The molecule has 3 rings (SSSR count). The van der Waals surface area contributed by atoms with Gasteiger partial charge in [-0.05, 0) is 67.1 Å². The van der Waals surface area contributed by atoms with Crippen molar-refractivity contribution in [3.63, 3.8) is 0 Å². The molecule has 172 valence electrons. The zero-order chi connectivity index (χ0) is 24.2. The molecular formula is C23H20ClFN2O5S. The standard InChI is InChI=1S/C23H20ClFN2O5S/c1-15-4-3-5-17(12-15)26-22(28)14-32-23(29)20-13-19(10-11-21(20)24)33(30,31)27(2)18-8-6-16(25)7-9-18/h3-13H,14H2,1-2H3,(H,26,28). The smallest absolute Gasteiger partial charge is 0.340 e. The molecule has 0 aromatic heterocycles. The number of halogens is 2. The van der Waals surface area contributed by atoms with Gasteiger partial charge in [-0.3, -0.25) is 9.10 Å². The molecule has 3 aromatic carbocycles. The summed E-state index contributed by atoms with van der Waals surface area (Å²) < 4.78 is 45.1. The summed E-state index contributed by atoms with van der Waals surface area (Å²) in [6.45, 7) is 1.28. The van der Waals surface area contributed by atoms with Gasteiger partial charge in [0.2, 0.25) is 0 Å². The fourth-order valence-electron chi connectivity index (χ4n) is 2.90. The van der Waals surface area contributed by atoms with Crippen LogP contribution in [0.5, 0.6) is 0 Å². The molecule has 3 aromatic rings. The summed E-state index contributed by atoms with van der Waals surface area (Å²) in [6, 6.07) is 15.5. The van der Waals surface area contributed by atoms with E-state index in [1.807, 2.05) is 13.0 Å². The molecule has 33 heavy (non-hydrogen) atoms. The molecular weight excluding hydrogens is 471 g/mol. The van der Waals surface area contributed by atoms with E-state index in [2.05, 4.69) is 5.32 Å². The van der Waals surface area contributed by atoms with Gasteiger partial charge in [-0.2, -0.15) is 0 Å². The largest absolute Gasteiger partial charge is 0.452 e. The lowest BCUT2D eigenvalue weighted by molar-refractivity contribution is -0.119. The zero-order valence-electron chi connectivity index (χ0n) is 17.7. The lowest BCUT2D eigenvalue weighted by Gasteiger charge is -2.20. The second-order valence-corrected chi connectivity index (χ2v) is 9.46. The number of rotatable bonds is 7. The number of nitrogens with zero attached hydrogens (tertiary/aromatic N) is 1. The number of aryl methyl sites for hydroxylation is 1. The van der Waals surface area contributed by atoms with E-state index < -0.39 is 34.3 Å². The Kier molecular flexibility index (Phi) is 7.35. The molecule has 7 nitrogen and oxygen atoms in total. The molecule has 0 aliphatic rings. The van der Waals surface area contributed by atoms with Gasteiger partial charge in [0.15, 0.2) is 6.61 Å². The fraction of sp³-hybridized carbons (Fsp3) is 0.130. The van der Waals surface area contributed by atoms with Gasteiger partial charge in [0, 0.05) is 12.7 Å². The average molecular weight is 491 g/mol. The summed E-state index contributed by atoms with van der Waals surface area (Å²) in [5, 5.41) is 2.56. The molecule has 1 N–H and O–H groups in total. The number of carbonyl (C=O) groups is 2. The van der Waals surface area contributed by atoms with Gasteiger partial charge in [-0.1, -0.05) is 23.7 Å². The topological polar surface area (TPSA) is 92.8 Å². The minimum absolute atomic E-state index is 0.0394. The number of hydrogen-bond donors (Lipinski definition) is 1. The minimum atomic E-state index is -4.09. The highest BCUT2D eigenvalue weighted by atomic mass is 35.5. The van der Waals surface area contributed by atoms with Crippen molar-refractivity contribution in [2.75, 3.05) is 23.3 Å². The van der Waals surface area contributed by atoms with Crippen LogP contribution in [0.2, 0.25) is 5.02 Å². The van der Waals surface area contributed by atoms with Crippen LogP contribution in [0.1, 0.15) is 15.9 Å². The van der Waals surface area contributed by atoms with Gasteiger partial charge in [0.05, 0.1) is 21.2 Å². The van der Waals surface area contributed by atoms with Crippen LogP contribution in [-0.4, -0.2) is 33.9 Å². The van der Waals surface area contributed by atoms with Crippen molar-refractivity contribution in [1.29, 1.82) is 0 Å². The molecule has 0 radical (unpaired) electrons. The molecule has 0 atom stereocenters. The Morgan fingerprint density at radius 2 is 1.76 bits per heavy atom. The highest BCUT2D eigenvalue weighted by Crippen LogP contribution is 2.26. The first kappa shape index (κ1) is 24.2. The number of benzene rings is 3. The highest BCUT2D eigenvalue weighted by Gasteiger charge is 2.24. The van der Waals surface area contributed by atoms with Crippen molar-refractivity contribution in [2.24, 2.45) is 0 Å². The maximum Gasteiger partial charge on any atom is 0.340 e. The van der Waals surface area contributed by atoms with E-state index in [0.717, 1.165) is 28.1 Å². The van der Waals surface area contributed by atoms with Crippen LogP contribution < -0.4 is 9.62 Å². The Bertz CT molecular complexity index is 1300. The lowest BCUT2D eigenvalue weighted by Crippen LogP contribution is -2.27. The van der Waals surface area contributed by atoms with Crippen molar-refractivity contribution >= 4 is 44.9 Å². The van der Waals surface area contributed by atoms with E-state index >= 15 is 0 Å². The van der Waals surface area contributed by atoms with Gasteiger partial charge in [-0.25, -0.2) is 17.6 Å². The molecule has 0 saturated heterocycles. The minimum Gasteiger partial charge on any atom is -0.452 e. The molecule has 10 heteroatoms. The van der Waals surface area contributed by atoms with Crippen LogP contribution in [-0.2, 0) is 19.6 Å². The molecule has 1 amide bonds. The number of anilines is 2. The molecule has 0 spiro atoms. The number of esters is 1. The van der Waals surface area contributed by atoms with E-state index in [1.165, 1.54) is 31.3 Å². The van der Waals surface area contributed by atoms with E-state index in [-0.39, 0.29) is 21.2 Å². The van der Waals surface area contributed by atoms with Crippen LogP contribution in [0.4, 0.5) is 15.8 Å². The Hall–Kier alpha value is -3.43. The van der Waals surface area contributed by atoms with Crippen molar-refractivity contribution in [2.45, 2.75) is 11.8 Å². The number of carbonyl (C=O) groups excluding carboxylic acids is 2. The maximum absolute atomic E-state index is 13.2. The van der Waals surface area contributed by atoms with E-state index in [4.69, 9.17) is 16.3 Å². The summed E-state index contributed by atoms with van der Waals surface area (Å²) in [5.74, 6) is -2.03. The predicted molar refractivity (Wildman–Crippen MR) is 124 cm³/mol. The summed E-state index contributed by atoms with van der Waals surface area (Å²) in [6.07, 6.45) is 0. The van der Waals surface area contributed by atoms with E-state index in [9.17, 15) is 22.4 Å². The van der Waals surface area contributed by atoms with Crippen molar-refractivity contribution in [3.05, 3.63) is 88.7 Å². The number of ether oxygens (including phenoxy) is 1. The average Bonchev–Trinajstić information content (AvgIpc) is 2.77. The van der Waals surface area contributed by atoms with Crippen LogP contribution in [0, 0.1) is 12.7 Å². The van der Waals surface area contributed by atoms with Gasteiger partial charge in [0.1, 0.15) is 5.82 Å². The summed E-state index contributed by atoms with van der Waals surface area (Å²) in [7, 11) is -2.79. The second kappa shape index (κ2) is 10.0. The third kappa shape index (κ3) is 5.88. The number of nitrogens with one attached hydrogen (secondary N) is 1. The van der Waals surface area contributed by atoms with Crippen LogP contribution >= 0.6 is 11.6 Å². The van der Waals surface area contributed by atoms with Crippen molar-refractivity contribution in [3.8, 4) is 0 Å². The van der Waals surface area contributed by atoms with Gasteiger partial charge in [-0.15, -0.1) is 0 Å². The van der Waals surface area contributed by atoms with Crippen LogP contribution in [0.25, 0.3) is 0 Å². The summed E-state index contributed by atoms with van der Waals surface area (Å²) in [4.78, 5) is 24.4. The highest BCUT2D eigenvalue weighted by molar-refractivity contribution is 7.92. The Morgan fingerprint density at radius 3 is 2.42 bits per heavy atom. The first-order valence-corrected chi connectivity index (χ1v) is 11.5. The SMILES string of the molecule is Cc1cccc(NC(=O)COC(=O)c2cc(S(=O)(=O)N(C)c3ccc(F)cc3)ccc2Cl)c1. The normalized spacial score (nSPS) is 11.0.